The van der Waals surface area contributed by atoms with Gasteiger partial charge >= 0.3 is 0 Å². The number of ether oxygens (including phenoxy) is 1. The first kappa shape index (κ1) is 18.8. The third-order valence-corrected chi connectivity index (χ3v) is 5.50. The Balaban J connectivity index is 1.27. The molecular weight excluding hydrogens is 380 g/mol. The molecule has 156 valence electrons. The molecule has 0 N–H and O–H groups in total. The first-order valence-electron chi connectivity index (χ1n) is 10.3. The van der Waals surface area contributed by atoms with Crippen molar-refractivity contribution in [3.05, 3.63) is 42.1 Å². The van der Waals surface area contributed by atoms with Crippen molar-refractivity contribution in [2.45, 2.75) is 39.5 Å². The second kappa shape index (κ2) is 6.93. The maximum absolute atomic E-state index is 6.04. The Kier molecular flexibility index (Phi) is 4.34. The van der Waals surface area contributed by atoms with Crippen molar-refractivity contribution >= 4 is 17.2 Å². The van der Waals surface area contributed by atoms with Crippen molar-refractivity contribution in [1.82, 2.24) is 34.2 Å². The van der Waals surface area contributed by atoms with Crippen LogP contribution in [0.25, 0.3) is 11.4 Å². The molecule has 4 aromatic heterocycles. The number of imidazole rings is 1. The van der Waals surface area contributed by atoms with Gasteiger partial charge in [0.1, 0.15) is 12.1 Å². The molecule has 0 amide bonds. The van der Waals surface area contributed by atoms with E-state index >= 15 is 0 Å². The minimum absolute atomic E-state index is 0.0111. The monoisotopic (exact) mass is 406 g/mol. The molecule has 0 spiro atoms. The Morgan fingerprint density at radius 2 is 2.07 bits per heavy atom. The summed E-state index contributed by atoms with van der Waals surface area (Å²) < 4.78 is 9.65. The minimum atomic E-state index is -0.0111. The Labute approximate surface area is 174 Å². The highest BCUT2D eigenvalue weighted by molar-refractivity contribution is 5.48. The Bertz CT molecular complexity index is 1200. The summed E-state index contributed by atoms with van der Waals surface area (Å²) in [6.07, 6.45) is 4.58. The fourth-order valence-electron chi connectivity index (χ4n) is 3.82. The molecule has 1 saturated heterocycles. The predicted octanol–water partition coefficient (Wildman–Crippen LogP) is 2.68. The summed E-state index contributed by atoms with van der Waals surface area (Å²) in [5.41, 5.74) is 2.79. The maximum Gasteiger partial charge on any atom is 0.254 e. The highest BCUT2D eigenvalue weighted by Gasteiger charge is 2.26. The standard InChI is InChI=1S/C21H26N8O/c1-14-9-19(29-20(24-14)22-13-23-29)27-8-7-15(10-27)12-30-18-6-5-17-25-16(21(2,3)4)11-28(17)26-18/h5-6,9,11,13,15H,7-8,10,12H2,1-4H3. The van der Waals surface area contributed by atoms with E-state index in [4.69, 9.17) is 4.74 Å². The number of hydrogen-bond acceptors (Lipinski definition) is 7. The number of aromatic nitrogens is 7. The number of nitrogens with zero attached hydrogens (tertiary/aromatic N) is 8. The van der Waals surface area contributed by atoms with E-state index in [1.54, 1.807) is 15.4 Å². The molecule has 1 aliphatic rings. The summed E-state index contributed by atoms with van der Waals surface area (Å²) in [5.74, 6) is 2.71. The van der Waals surface area contributed by atoms with E-state index in [0.29, 0.717) is 24.2 Å². The van der Waals surface area contributed by atoms with Gasteiger partial charge in [0.25, 0.3) is 5.78 Å². The smallest absolute Gasteiger partial charge is 0.254 e. The van der Waals surface area contributed by atoms with Crippen molar-refractivity contribution in [2.75, 3.05) is 24.6 Å². The van der Waals surface area contributed by atoms with Gasteiger partial charge in [0.05, 0.1) is 18.5 Å². The SMILES string of the molecule is Cc1cc(N2CCC(COc3ccc4nc(C(C)(C)C)cn4n3)C2)n2ncnc2n1. The minimum Gasteiger partial charge on any atom is -0.476 e. The molecule has 5 rings (SSSR count). The molecule has 1 fully saturated rings. The lowest BCUT2D eigenvalue weighted by molar-refractivity contribution is 0.249. The zero-order valence-electron chi connectivity index (χ0n) is 17.8. The molecule has 9 nitrogen and oxygen atoms in total. The van der Waals surface area contributed by atoms with Crippen LogP contribution < -0.4 is 9.64 Å². The highest BCUT2D eigenvalue weighted by atomic mass is 16.5. The molecule has 0 bridgehead atoms. The van der Waals surface area contributed by atoms with Gasteiger partial charge in [-0.15, -0.1) is 5.10 Å². The molecule has 30 heavy (non-hydrogen) atoms. The van der Waals surface area contributed by atoms with Gasteiger partial charge in [0.15, 0.2) is 5.65 Å². The average Bonchev–Trinajstić information content (AvgIpc) is 3.43. The van der Waals surface area contributed by atoms with Gasteiger partial charge in [0, 0.05) is 42.2 Å². The fourth-order valence-corrected chi connectivity index (χ4v) is 3.82. The molecule has 9 heteroatoms. The topological polar surface area (TPSA) is 85.7 Å². The zero-order valence-corrected chi connectivity index (χ0v) is 17.8. The van der Waals surface area contributed by atoms with Crippen LogP contribution >= 0.6 is 0 Å². The van der Waals surface area contributed by atoms with E-state index in [0.717, 1.165) is 42.4 Å². The van der Waals surface area contributed by atoms with Crippen LogP contribution in [0.4, 0.5) is 5.82 Å². The van der Waals surface area contributed by atoms with Gasteiger partial charge < -0.3 is 9.64 Å². The molecule has 0 radical (unpaired) electrons. The molecular formula is C21H26N8O. The van der Waals surface area contributed by atoms with Gasteiger partial charge in [0.2, 0.25) is 5.88 Å². The molecule has 1 aliphatic heterocycles. The number of hydrogen-bond donors (Lipinski definition) is 0. The second-order valence-electron chi connectivity index (χ2n) is 8.99. The number of rotatable bonds is 4. The van der Waals surface area contributed by atoms with E-state index in [1.807, 2.05) is 25.3 Å². The van der Waals surface area contributed by atoms with E-state index in [-0.39, 0.29) is 5.41 Å². The van der Waals surface area contributed by atoms with Crippen LogP contribution in [0.15, 0.2) is 30.7 Å². The molecule has 1 atom stereocenters. The largest absolute Gasteiger partial charge is 0.476 e. The Morgan fingerprint density at radius 3 is 2.90 bits per heavy atom. The van der Waals surface area contributed by atoms with Crippen LogP contribution in [0.5, 0.6) is 5.88 Å². The van der Waals surface area contributed by atoms with E-state index in [1.165, 1.54) is 0 Å². The third-order valence-electron chi connectivity index (χ3n) is 5.50. The van der Waals surface area contributed by atoms with Crippen molar-refractivity contribution in [3.8, 4) is 5.88 Å². The van der Waals surface area contributed by atoms with Crippen molar-refractivity contribution in [3.63, 3.8) is 0 Å². The maximum atomic E-state index is 6.04. The first-order chi connectivity index (χ1) is 14.4. The van der Waals surface area contributed by atoms with Gasteiger partial charge in [-0.25, -0.2) is 14.5 Å². The average molecular weight is 406 g/mol. The van der Waals surface area contributed by atoms with Crippen LogP contribution in [0.3, 0.4) is 0 Å². The van der Waals surface area contributed by atoms with Crippen LogP contribution in [-0.2, 0) is 5.41 Å². The second-order valence-corrected chi connectivity index (χ2v) is 8.99. The van der Waals surface area contributed by atoms with Crippen LogP contribution in [0.2, 0.25) is 0 Å². The zero-order chi connectivity index (χ0) is 20.9. The van der Waals surface area contributed by atoms with Gasteiger partial charge in [-0.2, -0.15) is 14.6 Å². The molecule has 0 saturated carbocycles. The number of fused-ring (bicyclic) bond motifs is 2. The Morgan fingerprint density at radius 1 is 1.20 bits per heavy atom. The third kappa shape index (κ3) is 3.44. The first-order valence-corrected chi connectivity index (χ1v) is 10.3. The summed E-state index contributed by atoms with van der Waals surface area (Å²) in [6, 6.07) is 5.92. The van der Waals surface area contributed by atoms with Crippen LogP contribution in [0.1, 0.15) is 38.6 Å². The summed E-state index contributed by atoms with van der Waals surface area (Å²) in [4.78, 5) is 15.6. The van der Waals surface area contributed by atoms with Gasteiger partial charge in [-0.05, 0) is 19.4 Å². The molecule has 1 unspecified atom stereocenters. The van der Waals surface area contributed by atoms with Crippen LogP contribution in [-0.4, -0.2) is 53.9 Å². The normalized spacial score (nSPS) is 17.3. The lowest BCUT2D eigenvalue weighted by atomic mass is 9.93. The highest BCUT2D eigenvalue weighted by Crippen LogP contribution is 2.25. The lowest BCUT2D eigenvalue weighted by Crippen LogP contribution is -2.24. The molecule has 4 aromatic rings. The molecule has 0 aromatic carbocycles. The summed E-state index contributed by atoms with van der Waals surface area (Å²) in [7, 11) is 0. The molecule has 0 aliphatic carbocycles. The van der Waals surface area contributed by atoms with Crippen molar-refractivity contribution in [2.24, 2.45) is 5.92 Å². The number of aryl methyl sites for hydroxylation is 1. The van der Waals surface area contributed by atoms with Gasteiger partial charge in [-0.1, -0.05) is 20.8 Å². The summed E-state index contributed by atoms with van der Waals surface area (Å²) in [5, 5.41) is 8.90. The fraction of sp³-hybridized carbons (Fsp3) is 0.476. The summed E-state index contributed by atoms with van der Waals surface area (Å²) in [6.45, 7) is 10.9. The molecule has 5 heterocycles. The quantitative estimate of drug-likeness (QED) is 0.515. The van der Waals surface area contributed by atoms with E-state index in [9.17, 15) is 0 Å². The Hall–Kier alpha value is -3.23. The lowest BCUT2D eigenvalue weighted by Gasteiger charge is -2.19. The van der Waals surface area contributed by atoms with E-state index in [2.05, 4.69) is 56.9 Å². The van der Waals surface area contributed by atoms with Crippen molar-refractivity contribution in [1.29, 1.82) is 0 Å². The van der Waals surface area contributed by atoms with Crippen LogP contribution in [0, 0.1) is 12.8 Å². The summed E-state index contributed by atoms with van der Waals surface area (Å²) >= 11 is 0. The van der Waals surface area contributed by atoms with Gasteiger partial charge in [-0.3, -0.25) is 0 Å². The van der Waals surface area contributed by atoms with E-state index < -0.39 is 0 Å². The predicted molar refractivity (Wildman–Crippen MR) is 113 cm³/mol. The van der Waals surface area contributed by atoms with Crippen molar-refractivity contribution < 1.29 is 4.74 Å². The number of anilines is 1.